The molecule has 6 rings (SSSR count). The van der Waals surface area contributed by atoms with Crippen LogP contribution in [0.15, 0.2) is 58.6 Å². The van der Waals surface area contributed by atoms with E-state index in [-0.39, 0.29) is 34.8 Å². The Morgan fingerprint density at radius 3 is 2.51 bits per heavy atom. The molecule has 2 aromatic heterocycles. The molecular formula is C27H29BrN2O5S2. The van der Waals surface area contributed by atoms with Gasteiger partial charge < -0.3 is 36.3 Å². The van der Waals surface area contributed by atoms with Crippen molar-refractivity contribution in [3.63, 3.8) is 0 Å². The van der Waals surface area contributed by atoms with Gasteiger partial charge in [-0.15, -0.1) is 11.3 Å². The fourth-order valence-electron chi connectivity index (χ4n) is 5.37. The van der Waals surface area contributed by atoms with Crippen LogP contribution in [-0.4, -0.2) is 61.6 Å². The van der Waals surface area contributed by atoms with E-state index < -0.39 is 12.0 Å². The maximum atomic E-state index is 13.6. The molecule has 1 N–H and O–H groups in total. The standard InChI is InChI=1S/C27H28N2O5S2.BrH/c1-33-27(32)25-21(10-14-36-25)28-24(19-5-3-2-4-6-19)26(31)34-23-16-29(11-7-18(23)8-12-29)15-22(30)20-9-13-35-17-20;/h2-6,9-10,13-14,17-18,23-24H,7-8,11-12,15-16H2,1H3;1H/t18?,23-,24?,29?;/m0./s1. The van der Waals surface area contributed by atoms with Crippen LogP contribution in [0, 0.1) is 5.92 Å². The van der Waals surface area contributed by atoms with Crippen molar-refractivity contribution in [2.24, 2.45) is 5.92 Å². The van der Waals surface area contributed by atoms with Crippen molar-refractivity contribution in [1.29, 1.82) is 0 Å². The monoisotopic (exact) mass is 604 g/mol. The summed E-state index contributed by atoms with van der Waals surface area (Å²) in [7, 11) is 1.34. The number of hydrogen-bond donors (Lipinski definition) is 1. The average Bonchev–Trinajstić information content (AvgIpc) is 3.60. The van der Waals surface area contributed by atoms with Gasteiger partial charge in [-0.25, -0.2) is 9.59 Å². The molecule has 0 aliphatic carbocycles. The van der Waals surface area contributed by atoms with E-state index in [4.69, 9.17) is 9.47 Å². The number of quaternary nitrogens is 1. The molecule has 3 fully saturated rings. The summed E-state index contributed by atoms with van der Waals surface area (Å²) in [5.41, 5.74) is 2.05. The van der Waals surface area contributed by atoms with Crippen molar-refractivity contribution < 1.29 is 45.3 Å². The molecule has 0 amide bonds. The number of nitrogens with one attached hydrogen (secondary N) is 1. The summed E-state index contributed by atoms with van der Waals surface area (Å²) in [5, 5.41) is 8.84. The molecule has 37 heavy (non-hydrogen) atoms. The van der Waals surface area contributed by atoms with E-state index in [0.29, 0.717) is 34.1 Å². The second-order valence-electron chi connectivity index (χ2n) is 9.52. The second kappa shape index (κ2) is 11.9. The first kappa shape index (κ1) is 27.5. The zero-order chi connectivity index (χ0) is 25.1. The predicted molar refractivity (Wildman–Crippen MR) is 139 cm³/mol. The Bertz CT molecular complexity index is 1220. The number of rotatable bonds is 9. The van der Waals surface area contributed by atoms with Crippen LogP contribution in [0.5, 0.6) is 0 Å². The largest absolute Gasteiger partial charge is 1.00 e. The Morgan fingerprint density at radius 1 is 1.08 bits per heavy atom. The molecule has 1 unspecified atom stereocenters. The van der Waals surface area contributed by atoms with Crippen LogP contribution in [0.25, 0.3) is 0 Å². The molecule has 3 saturated heterocycles. The molecule has 3 aliphatic rings. The molecule has 3 aliphatic heterocycles. The van der Waals surface area contributed by atoms with Gasteiger partial charge in [0.2, 0.25) is 5.78 Å². The number of halogens is 1. The van der Waals surface area contributed by atoms with Gasteiger partial charge in [0.1, 0.15) is 18.0 Å². The molecule has 2 bridgehead atoms. The van der Waals surface area contributed by atoms with E-state index in [1.54, 1.807) is 11.4 Å². The Labute approximate surface area is 234 Å². The van der Waals surface area contributed by atoms with Crippen molar-refractivity contribution in [2.75, 3.05) is 38.6 Å². The quantitative estimate of drug-likeness (QED) is 0.228. The lowest BCUT2D eigenvalue weighted by atomic mass is 9.82. The molecule has 2 atom stereocenters. The lowest BCUT2D eigenvalue weighted by Gasteiger charge is -2.51. The molecule has 0 saturated carbocycles. The van der Waals surface area contributed by atoms with Gasteiger partial charge in [-0.3, -0.25) is 4.79 Å². The van der Waals surface area contributed by atoms with Crippen molar-refractivity contribution >= 4 is 46.1 Å². The number of benzene rings is 1. The first-order chi connectivity index (χ1) is 17.5. The Morgan fingerprint density at radius 2 is 1.84 bits per heavy atom. The normalized spacial score (nSPS) is 22.9. The fourth-order valence-corrected chi connectivity index (χ4v) is 6.80. The molecule has 10 heteroatoms. The Hall–Kier alpha value is -2.53. The second-order valence-corrected chi connectivity index (χ2v) is 11.2. The molecule has 7 nitrogen and oxygen atoms in total. The number of ether oxygens (including phenoxy) is 2. The van der Waals surface area contributed by atoms with E-state index >= 15 is 0 Å². The number of thiophene rings is 2. The number of piperidine rings is 3. The first-order valence-corrected chi connectivity index (χ1v) is 13.9. The number of methoxy groups -OCH3 is 1. The summed E-state index contributed by atoms with van der Waals surface area (Å²) in [4.78, 5) is 39.1. The van der Waals surface area contributed by atoms with E-state index in [2.05, 4.69) is 5.32 Å². The summed E-state index contributed by atoms with van der Waals surface area (Å²) >= 11 is 2.79. The summed E-state index contributed by atoms with van der Waals surface area (Å²) < 4.78 is 11.7. The van der Waals surface area contributed by atoms with Gasteiger partial charge in [-0.1, -0.05) is 30.3 Å². The van der Waals surface area contributed by atoms with Crippen molar-refractivity contribution in [2.45, 2.75) is 25.0 Å². The smallest absolute Gasteiger partial charge is 0.350 e. The summed E-state index contributed by atoms with van der Waals surface area (Å²) in [6.07, 6.45) is 1.64. The molecular weight excluding hydrogens is 576 g/mol. The number of anilines is 1. The highest BCUT2D eigenvalue weighted by Crippen LogP contribution is 2.37. The van der Waals surface area contributed by atoms with E-state index in [0.717, 1.165) is 37.1 Å². The molecule has 196 valence electrons. The Kier molecular flexibility index (Phi) is 8.84. The van der Waals surface area contributed by atoms with Crippen molar-refractivity contribution in [3.8, 4) is 0 Å². The highest BCUT2D eigenvalue weighted by atomic mass is 79.9. The van der Waals surface area contributed by atoms with Crippen LogP contribution < -0.4 is 22.3 Å². The number of hydrogen-bond acceptors (Lipinski definition) is 8. The number of fused-ring (bicyclic) bond motifs is 3. The van der Waals surface area contributed by atoms with Gasteiger partial charge >= 0.3 is 11.9 Å². The average molecular weight is 606 g/mol. The van der Waals surface area contributed by atoms with Crippen LogP contribution in [0.4, 0.5) is 5.69 Å². The number of carbonyl (C=O) groups is 3. The minimum atomic E-state index is -0.777. The minimum Gasteiger partial charge on any atom is -1.00 e. The predicted octanol–water partition coefficient (Wildman–Crippen LogP) is 1.79. The molecule has 1 aromatic carbocycles. The number of nitrogens with zero attached hydrogens (tertiary/aromatic N) is 1. The van der Waals surface area contributed by atoms with Gasteiger partial charge in [0, 0.05) is 29.7 Å². The molecule has 3 aromatic rings. The fraction of sp³-hybridized carbons (Fsp3) is 0.370. The van der Waals surface area contributed by atoms with Gasteiger partial charge in [-0.05, 0) is 28.5 Å². The van der Waals surface area contributed by atoms with Gasteiger partial charge in [0.05, 0.1) is 25.9 Å². The third-order valence-corrected chi connectivity index (χ3v) is 8.91. The highest BCUT2D eigenvalue weighted by Gasteiger charge is 2.49. The number of carbonyl (C=O) groups excluding carboxylic acids is 3. The third-order valence-electron chi connectivity index (χ3n) is 7.34. The summed E-state index contributed by atoms with van der Waals surface area (Å²) in [6, 6.07) is 12.2. The van der Waals surface area contributed by atoms with Crippen LogP contribution in [0.1, 0.15) is 44.5 Å². The maximum absolute atomic E-state index is 13.6. The number of esters is 2. The lowest BCUT2D eigenvalue weighted by Crippen LogP contribution is -3.00. The minimum absolute atomic E-state index is 0. The lowest BCUT2D eigenvalue weighted by molar-refractivity contribution is -0.938. The molecule has 0 spiro atoms. The van der Waals surface area contributed by atoms with Crippen LogP contribution >= 0.6 is 22.7 Å². The molecule has 0 radical (unpaired) electrons. The summed E-state index contributed by atoms with van der Waals surface area (Å²) in [6.45, 7) is 2.97. The van der Waals surface area contributed by atoms with Crippen molar-refractivity contribution in [1.82, 2.24) is 0 Å². The van der Waals surface area contributed by atoms with Gasteiger partial charge in [0.15, 0.2) is 12.1 Å². The number of Topliss-reactive ketones (excluding diaryl/α,β-unsaturated/α-hetero) is 1. The maximum Gasteiger partial charge on any atom is 0.350 e. The van der Waals surface area contributed by atoms with Crippen LogP contribution in [0.3, 0.4) is 0 Å². The van der Waals surface area contributed by atoms with Gasteiger partial charge in [0.25, 0.3) is 0 Å². The number of ketones is 1. The third kappa shape index (κ3) is 5.98. The van der Waals surface area contributed by atoms with Crippen LogP contribution in [0.2, 0.25) is 0 Å². The Balaban J connectivity index is 0.00000320. The SMILES string of the molecule is COC(=O)c1sccc1NC(C(=O)O[C@H]1C[N+]2(CC(=O)c3ccsc3)CCC1CC2)c1ccccc1.[Br-]. The van der Waals surface area contributed by atoms with E-state index in [9.17, 15) is 14.4 Å². The zero-order valence-electron chi connectivity index (χ0n) is 20.4. The molecule has 5 heterocycles. The first-order valence-electron chi connectivity index (χ1n) is 12.1. The highest BCUT2D eigenvalue weighted by molar-refractivity contribution is 7.12. The van der Waals surface area contributed by atoms with Gasteiger partial charge in [-0.2, -0.15) is 11.3 Å². The topological polar surface area (TPSA) is 81.7 Å². The van der Waals surface area contributed by atoms with Crippen molar-refractivity contribution in [3.05, 3.63) is 74.6 Å². The van der Waals surface area contributed by atoms with E-state index in [1.807, 2.05) is 47.2 Å². The van der Waals surface area contributed by atoms with E-state index in [1.165, 1.54) is 29.8 Å². The zero-order valence-corrected chi connectivity index (χ0v) is 23.7. The van der Waals surface area contributed by atoms with Crippen LogP contribution in [-0.2, 0) is 14.3 Å². The summed E-state index contributed by atoms with van der Waals surface area (Å²) in [5.74, 6) is -0.386.